The summed E-state index contributed by atoms with van der Waals surface area (Å²) in [6.07, 6.45) is 1.18. The molecule has 26 heavy (non-hydrogen) atoms. The first-order valence-corrected chi connectivity index (χ1v) is 8.93. The molecule has 1 aromatic heterocycles. The first kappa shape index (κ1) is 16.5. The molecule has 2 aromatic rings. The minimum absolute atomic E-state index is 0.0667. The lowest BCUT2D eigenvalue weighted by molar-refractivity contribution is 0.0704. The molecule has 1 fully saturated rings. The zero-order valence-electron chi connectivity index (χ0n) is 15.3. The van der Waals surface area contributed by atoms with Crippen molar-refractivity contribution in [3.8, 4) is 6.07 Å². The normalized spacial score (nSPS) is 18.3. The van der Waals surface area contributed by atoms with Crippen molar-refractivity contribution in [2.24, 2.45) is 0 Å². The number of aromatic nitrogens is 2. The Hall–Kier alpha value is -2.94. The van der Waals surface area contributed by atoms with E-state index >= 15 is 0 Å². The molecule has 0 aliphatic carbocycles. The largest absolute Gasteiger partial charge is 0.356 e. The van der Waals surface area contributed by atoms with E-state index in [2.05, 4.69) is 20.9 Å². The summed E-state index contributed by atoms with van der Waals surface area (Å²) < 4.78 is 0. The summed E-state index contributed by atoms with van der Waals surface area (Å²) in [5, 5.41) is 9.19. The minimum atomic E-state index is -0.0836. The summed E-state index contributed by atoms with van der Waals surface area (Å²) in [6, 6.07) is 7.34. The number of hydrogen-bond acceptors (Lipinski definition) is 5. The number of hydrogen-bond donors (Lipinski definition) is 0. The number of nitrogens with zero attached hydrogens (tertiary/aromatic N) is 5. The molecule has 4 rings (SSSR count). The SMILES string of the molecule is Cc1cc(C#N)cc(C(=O)N2Cc3nc(C)nc(N4CCC4)c3[C@H]2C)c1. The number of aryl methyl sites for hydroxylation is 2. The van der Waals surface area contributed by atoms with Crippen LogP contribution in [0.15, 0.2) is 18.2 Å². The Morgan fingerprint density at radius 2 is 2.00 bits per heavy atom. The van der Waals surface area contributed by atoms with Gasteiger partial charge in [0.2, 0.25) is 0 Å². The van der Waals surface area contributed by atoms with Gasteiger partial charge in [-0.3, -0.25) is 4.79 Å². The number of carbonyl (C=O) groups is 1. The van der Waals surface area contributed by atoms with Gasteiger partial charge in [0.25, 0.3) is 5.91 Å². The van der Waals surface area contributed by atoms with Crippen LogP contribution in [0.2, 0.25) is 0 Å². The standard InChI is InChI=1S/C20H21N5O/c1-12-7-15(10-21)9-16(8-12)20(26)25-11-17-18(13(25)2)19(23-14(3)22-17)24-5-4-6-24/h7-9,13H,4-6,11H2,1-3H3/t13-/m1/s1. The molecule has 1 amide bonds. The van der Waals surface area contributed by atoms with Gasteiger partial charge in [-0.05, 0) is 51.0 Å². The Morgan fingerprint density at radius 1 is 1.23 bits per heavy atom. The quantitative estimate of drug-likeness (QED) is 0.835. The van der Waals surface area contributed by atoms with Crippen LogP contribution in [0.25, 0.3) is 0 Å². The highest BCUT2D eigenvalue weighted by atomic mass is 16.2. The summed E-state index contributed by atoms with van der Waals surface area (Å²) in [4.78, 5) is 26.5. The van der Waals surface area contributed by atoms with Crippen molar-refractivity contribution in [1.29, 1.82) is 5.26 Å². The molecule has 0 spiro atoms. The van der Waals surface area contributed by atoms with E-state index in [-0.39, 0.29) is 11.9 Å². The number of amides is 1. The molecule has 132 valence electrons. The van der Waals surface area contributed by atoms with Gasteiger partial charge in [-0.15, -0.1) is 0 Å². The number of anilines is 1. The molecule has 0 saturated carbocycles. The topological polar surface area (TPSA) is 73.1 Å². The molecule has 0 unspecified atom stereocenters. The maximum absolute atomic E-state index is 13.2. The van der Waals surface area contributed by atoms with Crippen LogP contribution in [0.1, 0.15) is 58.0 Å². The average molecular weight is 347 g/mol. The summed E-state index contributed by atoms with van der Waals surface area (Å²) in [6.45, 7) is 8.33. The molecule has 2 aliphatic heterocycles. The molecule has 6 heteroatoms. The van der Waals surface area contributed by atoms with Crippen LogP contribution in [-0.2, 0) is 6.54 Å². The smallest absolute Gasteiger partial charge is 0.254 e. The molecule has 2 aliphatic rings. The van der Waals surface area contributed by atoms with Gasteiger partial charge < -0.3 is 9.80 Å². The second kappa shape index (κ2) is 6.10. The van der Waals surface area contributed by atoms with Gasteiger partial charge in [-0.2, -0.15) is 5.26 Å². The summed E-state index contributed by atoms with van der Waals surface area (Å²) in [5.74, 6) is 1.65. The monoisotopic (exact) mass is 347 g/mol. The maximum atomic E-state index is 13.2. The van der Waals surface area contributed by atoms with Crippen molar-refractivity contribution >= 4 is 11.7 Å². The number of carbonyl (C=O) groups excluding carboxylic acids is 1. The lowest BCUT2D eigenvalue weighted by Gasteiger charge is -2.34. The van der Waals surface area contributed by atoms with Crippen LogP contribution in [0, 0.1) is 25.2 Å². The van der Waals surface area contributed by atoms with Gasteiger partial charge >= 0.3 is 0 Å². The van der Waals surface area contributed by atoms with E-state index in [4.69, 9.17) is 0 Å². The van der Waals surface area contributed by atoms with Crippen molar-refractivity contribution < 1.29 is 4.79 Å². The molecule has 1 saturated heterocycles. The van der Waals surface area contributed by atoms with Crippen LogP contribution in [0.5, 0.6) is 0 Å². The predicted octanol–water partition coefficient (Wildman–Crippen LogP) is 2.89. The lowest BCUT2D eigenvalue weighted by Crippen LogP contribution is -2.39. The van der Waals surface area contributed by atoms with Crippen molar-refractivity contribution in [3.05, 3.63) is 52.0 Å². The third-order valence-electron chi connectivity index (χ3n) is 5.19. The fraction of sp³-hybridized carbons (Fsp3) is 0.400. The highest BCUT2D eigenvalue weighted by Gasteiger charge is 2.37. The van der Waals surface area contributed by atoms with Crippen molar-refractivity contribution in [2.75, 3.05) is 18.0 Å². The summed E-state index contributed by atoms with van der Waals surface area (Å²) in [5.41, 5.74) is 3.98. The third kappa shape index (κ3) is 2.60. The fourth-order valence-corrected chi connectivity index (χ4v) is 3.78. The van der Waals surface area contributed by atoms with Gasteiger partial charge in [0.15, 0.2) is 0 Å². The Kier molecular flexibility index (Phi) is 3.87. The first-order chi connectivity index (χ1) is 12.5. The highest BCUT2D eigenvalue weighted by Crippen LogP contribution is 2.40. The van der Waals surface area contributed by atoms with E-state index in [1.165, 1.54) is 6.42 Å². The lowest BCUT2D eigenvalue weighted by atomic mass is 10.0. The van der Waals surface area contributed by atoms with Crippen LogP contribution in [0.3, 0.4) is 0 Å². The van der Waals surface area contributed by atoms with Gasteiger partial charge in [0.1, 0.15) is 11.6 Å². The molecule has 0 radical (unpaired) electrons. The second-order valence-electron chi connectivity index (χ2n) is 7.10. The zero-order valence-corrected chi connectivity index (χ0v) is 15.3. The summed E-state index contributed by atoms with van der Waals surface area (Å²) in [7, 11) is 0. The number of rotatable bonds is 2. The van der Waals surface area contributed by atoms with E-state index in [0.717, 1.165) is 41.6 Å². The van der Waals surface area contributed by atoms with E-state index in [0.29, 0.717) is 17.7 Å². The Bertz CT molecular complexity index is 942. The molecule has 6 nitrogen and oxygen atoms in total. The third-order valence-corrected chi connectivity index (χ3v) is 5.19. The zero-order chi connectivity index (χ0) is 18.4. The fourth-order valence-electron chi connectivity index (χ4n) is 3.78. The summed E-state index contributed by atoms with van der Waals surface area (Å²) >= 11 is 0. The number of fused-ring (bicyclic) bond motifs is 1. The van der Waals surface area contributed by atoms with Gasteiger partial charge in [0, 0.05) is 24.2 Å². The Balaban J connectivity index is 1.70. The maximum Gasteiger partial charge on any atom is 0.254 e. The van der Waals surface area contributed by atoms with Crippen molar-refractivity contribution in [3.63, 3.8) is 0 Å². The Morgan fingerprint density at radius 3 is 2.65 bits per heavy atom. The molecule has 1 atom stereocenters. The average Bonchev–Trinajstić information content (AvgIpc) is 2.88. The highest BCUT2D eigenvalue weighted by molar-refractivity contribution is 5.95. The van der Waals surface area contributed by atoms with Crippen molar-refractivity contribution in [2.45, 2.75) is 39.8 Å². The molecular formula is C20H21N5O. The first-order valence-electron chi connectivity index (χ1n) is 8.93. The van der Waals surface area contributed by atoms with Crippen molar-refractivity contribution in [1.82, 2.24) is 14.9 Å². The number of benzene rings is 1. The molecule has 0 bridgehead atoms. The van der Waals surface area contributed by atoms with Crippen LogP contribution in [0.4, 0.5) is 5.82 Å². The molecule has 1 aromatic carbocycles. The number of nitriles is 1. The van der Waals surface area contributed by atoms with Gasteiger partial charge in [0.05, 0.1) is 29.9 Å². The molecule has 0 N–H and O–H groups in total. The molecule has 3 heterocycles. The second-order valence-corrected chi connectivity index (χ2v) is 7.10. The van der Waals surface area contributed by atoms with E-state index < -0.39 is 0 Å². The van der Waals surface area contributed by atoms with Gasteiger partial charge in [-0.1, -0.05) is 0 Å². The predicted molar refractivity (Wildman–Crippen MR) is 97.8 cm³/mol. The van der Waals surface area contributed by atoms with Gasteiger partial charge in [-0.25, -0.2) is 9.97 Å². The Labute approximate surface area is 153 Å². The van der Waals surface area contributed by atoms with Crippen LogP contribution in [-0.4, -0.2) is 33.9 Å². The van der Waals surface area contributed by atoms with E-state index in [9.17, 15) is 10.1 Å². The van der Waals surface area contributed by atoms with E-state index in [1.807, 2.05) is 31.7 Å². The van der Waals surface area contributed by atoms with E-state index in [1.54, 1.807) is 12.1 Å². The minimum Gasteiger partial charge on any atom is -0.356 e. The molecular weight excluding hydrogens is 326 g/mol. The van der Waals surface area contributed by atoms with Crippen LogP contribution >= 0.6 is 0 Å². The van der Waals surface area contributed by atoms with Crippen LogP contribution < -0.4 is 4.90 Å².